The number of nitrogens with zero attached hydrogens (tertiary/aromatic N) is 2. The third-order valence-electron chi connectivity index (χ3n) is 5.38. The minimum absolute atomic E-state index is 0.163. The molecule has 1 heterocycles. The highest BCUT2D eigenvalue weighted by atomic mass is 16.5. The molecule has 1 aliphatic carbocycles. The maximum absolute atomic E-state index is 9.82. The van der Waals surface area contributed by atoms with Crippen LogP contribution in [0, 0.1) is 11.8 Å². The predicted octanol–water partition coefficient (Wildman–Crippen LogP) is 2.80. The second kappa shape index (κ2) is 9.46. The van der Waals surface area contributed by atoms with Gasteiger partial charge in [-0.15, -0.1) is 0 Å². The minimum atomic E-state index is -0.727. The van der Waals surface area contributed by atoms with Crippen molar-refractivity contribution in [1.82, 2.24) is 9.55 Å². The molecular formula is C25H27N3O3. The van der Waals surface area contributed by atoms with Crippen molar-refractivity contribution in [3.63, 3.8) is 0 Å². The third-order valence-corrected chi connectivity index (χ3v) is 5.38. The molecule has 0 spiro atoms. The van der Waals surface area contributed by atoms with Crippen LogP contribution in [-0.4, -0.2) is 38.5 Å². The Kier molecular flexibility index (Phi) is 6.50. The molecule has 0 saturated heterocycles. The van der Waals surface area contributed by atoms with Gasteiger partial charge in [0, 0.05) is 24.0 Å². The highest BCUT2D eigenvalue weighted by Gasteiger charge is 2.34. The monoisotopic (exact) mass is 417 g/mol. The van der Waals surface area contributed by atoms with Crippen LogP contribution < -0.4 is 5.73 Å². The molecule has 0 aliphatic heterocycles. The fraction of sp³-hybridized carbons (Fsp3) is 0.320. The molecule has 3 aromatic rings. The molecule has 4 atom stereocenters. The van der Waals surface area contributed by atoms with Crippen LogP contribution in [0.5, 0.6) is 0 Å². The van der Waals surface area contributed by atoms with E-state index in [4.69, 9.17) is 10.5 Å². The first-order chi connectivity index (χ1) is 15.0. The van der Waals surface area contributed by atoms with E-state index in [2.05, 4.69) is 41.1 Å². The fourth-order valence-electron chi connectivity index (χ4n) is 3.41. The highest BCUT2D eigenvalue weighted by Crippen LogP contribution is 2.25. The zero-order valence-electron chi connectivity index (χ0n) is 17.5. The molecule has 2 unspecified atom stereocenters. The van der Waals surface area contributed by atoms with E-state index in [0.717, 1.165) is 28.7 Å². The number of nitrogens with two attached hydrogens (primary N) is 1. The lowest BCUT2D eigenvalue weighted by atomic mass is 10.0. The van der Waals surface area contributed by atoms with Crippen molar-refractivity contribution >= 4 is 0 Å². The Bertz CT molecular complexity index is 1060. The maximum Gasteiger partial charge on any atom is 0.138 e. The van der Waals surface area contributed by atoms with Crippen molar-refractivity contribution in [2.45, 2.75) is 44.2 Å². The average molecular weight is 418 g/mol. The van der Waals surface area contributed by atoms with Gasteiger partial charge in [-0.3, -0.25) is 0 Å². The minimum Gasteiger partial charge on any atom is -0.393 e. The Hall–Kier alpha value is -2.95. The van der Waals surface area contributed by atoms with Crippen molar-refractivity contribution < 1.29 is 14.9 Å². The number of hydrogen-bond donors (Lipinski definition) is 3. The van der Waals surface area contributed by atoms with Gasteiger partial charge < -0.3 is 25.3 Å². The SMILES string of the molecule is C[C@H](O)c1nccn1[C@@H](C#Cc1ccc(-c2ccc(COC3CC3N)cc2)cc1)CO. The van der Waals surface area contributed by atoms with Gasteiger partial charge in [-0.25, -0.2) is 4.98 Å². The Morgan fingerprint density at radius 1 is 1.16 bits per heavy atom. The van der Waals surface area contributed by atoms with E-state index >= 15 is 0 Å². The summed E-state index contributed by atoms with van der Waals surface area (Å²) in [7, 11) is 0. The zero-order valence-corrected chi connectivity index (χ0v) is 17.5. The van der Waals surface area contributed by atoms with E-state index in [0.29, 0.717) is 12.4 Å². The summed E-state index contributed by atoms with van der Waals surface area (Å²) in [5.41, 5.74) is 9.99. The standard InChI is InChI=1S/C25H27N3O3/c1-17(30)25-27-12-13-28(25)22(15-29)11-6-18-2-7-20(8-3-18)21-9-4-19(5-10-21)16-31-24-14-23(24)26/h2-5,7-10,12-13,17,22-24,29-30H,14-16,26H2,1H3/t17-,22-,23?,24?/m0/s1. The number of imidazole rings is 1. The summed E-state index contributed by atoms with van der Waals surface area (Å²) in [6.07, 6.45) is 3.75. The molecule has 0 radical (unpaired) electrons. The predicted molar refractivity (Wildman–Crippen MR) is 119 cm³/mol. The molecule has 1 aromatic heterocycles. The van der Waals surface area contributed by atoms with Crippen molar-refractivity contribution in [3.8, 4) is 23.0 Å². The second-order valence-electron chi connectivity index (χ2n) is 7.86. The Labute approximate surface area is 182 Å². The van der Waals surface area contributed by atoms with Crippen LogP contribution in [0.4, 0.5) is 0 Å². The molecule has 0 bridgehead atoms. The van der Waals surface area contributed by atoms with E-state index in [-0.39, 0.29) is 18.8 Å². The smallest absolute Gasteiger partial charge is 0.138 e. The second-order valence-corrected chi connectivity index (χ2v) is 7.86. The molecule has 0 amide bonds. The summed E-state index contributed by atoms with van der Waals surface area (Å²) in [5, 5.41) is 19.6. The number of hydrogen-bond acceptors (Lipinski definition) is 5. The maximum atomic E-state index is 9.82. The molecule has 1 aliphatic rings. The number of aliphatic hydroxyl groups excluding tert-OH is 2. The van der Waals surface area contributed by atoms with Crippen molar-refractivity contribution in [2.75, 3.05) is 6.61 Å². The number of rotatable bonds is 7. The molecule has 31 heavy (non-hydrogen) atoms. The lowest BCUT2D eigenvalue weighted by molar-refractivity contribution is 0.102. The molecule has 2 aromatic carbocycles. The van der Waals surface area contributed by atoms with Crippen LogP contribution in [0.25, 0.3) is 11.1 Å². The Balaban J connectivity index is 1.42. The lowest BCUT2D eigenvalue weighted by Crippen LogP contribution is -2.15. The van der Waals surface area contributed by atoms with Crippen LogP contribution in [0.15, 0.2) is 60.9 Å². The number of benzene rings is 2. The summed E-state index contributed by atoms with van der Waals surface area (Å²) in [5.74, 6) is 6.66. The van der Waals surface area contributed by atoms with Gasteiger partial charge in [-0.05, 0) is 42.2 Å². The van der Waals surface area contributed by atoms with E-state index < -0.39 is 12.1 Å². The van der Waals surface area contributed by atoms with Gasteiger partial charge in [-0.1, -0.05) is 48.2 Å². The molecular weight excluding hydrogens is 390 g/mol. The van der Waals surface area contributed by atoms with Crippen LogP contribution in [-0.2, 0) is 11.3 Å². The zero-order chi connectivity index (χ0) is 21.8. The summed E-state index contributed by atoms with van der Waals surface area (Å²) >= 11 is 0. The topological polar surface area (TPSA) is 93.5 Å². The first-order valence-electron chi connectivity index (χ1n) is 10.4. The lowest BCUT2D eigenvalue weighted by Gasteiger charge is -2.14. The summed E-state index contributed by atoms with van der Waals surface area (Å²) in [6.45, 7) is 2.07. The van der Waals surface area contributed by atoms with Crippen LogP contribution in [0.2, 0.25) is 0 Å². The van der Waals surface area contributed by atoms with Gasteiger partial charge in [0.25, 0.3) is 0 Å². The van der Waals surface area contributed by atoms with Gasteiger partial charge >= 0.3 is 0 Å². The summed E-state index contributed by atoms with van der Waals surface area (Å²) < 4.78 is 7.44. The first kappa shape index (κ1) is 21.3. The molecule has 6 heteroatoms. The molecule has 160 valence electrons. The molecule has 1 fully saturated rings. The van der Waals surface area contributed by atoms with Crippen molar-refractivity contribution in [3.05, 3.63) is 77.9 Å². The fourth-order valence-corrected chi connectivity index (χ4v) is 3.41. The van der Waals surface area contributed by atoms with Crippen LogP contribution in [0.1, 0.15) is 42.4 Å². The average Bonchev–Trinajstić information content (AvgIpc) is 3.27. The van der Waals surface area contributed by atoms with Gasteiger partial charge in [0.1, 0.15) is 18.0 Å². The number of aliphatic hydroxyl groups is 2. The van der Waals surface area contributed by atoms with Crippen molar-refractivity contribution in [2.24, 2.45) is 5.73 Å². The van der Waals surface area contributed by atoms with E-state index in [1.807, 2.05) is 24.3 Å². The van der Waals surface area contributed by atoms with Crippen molar-refractivity contribution in [1.29, 1.82) is 0 Å². The van der Waals surface area contributed by atoms with Gasteiger partial charge in [0.2, 0.25) is 0 Å². The van der Waals surface area contributed by atoms with Gasteiger partial charge in [0.15, 0.2) is 0 Å². The van der Waals surface area contributed by atoms with E-state index in [9.17, 15) is 10.2 Å². The first-order valence-corrected chi connectivity index (χ1v) is 10.4. The quantitative estimate of drug-likeness (QED) is 0.514. The van der Waals surface area contributed by atoms with Gasteiger partial charge in [0.05, 0.1) is 19.3 Å². The number of aromatic nitrogens is 2. The van der Waals surface area contributed by atoms with Crippen LogP contribution in [0.3, 0.4) is 0 Å². The summed E-state index contributed by atoms with van der Waals surface area (Å²) in [6, 6.07) is 16.1. The summed E-state index contributed by atoms with van der Waals surface area (Å²) in [4.78, 5) is 4.14. The largest absolute Gasteiger partial charge is 0.393 e. The number of ether oxygens (including phenoxy) is 1. The van der Waals surface area contributed by atoms with E-state index in [1.54, 1.807) is 23.9 Å². The highest BCUT2D eigenvalue weighted by molar-refractivity contribution is 5.64. The molecule has 4 N–H and O–H groups in total. The normalized spacial score (nSPS) is 19.4. The van der Waals surface area contributed by atoms with E-state index in [1.165, 1.54) is 0 Å². The molecule has 1 saturated carbocycles. The van der Waals surface area contributed by atoms with Gasteiger partial charge in [-0.2, -0.15) is 0 Å². The Morgan fingerprint density at radius 2 is 1.81 bits per heavy atom. The third kappa shape index (κ3) is 5.22. The Morgan fingerprint density at radius 3 is 2.39 bits per heavy atom. The van der Waals surface area contributed by atoms with Crippen LogP contribution >= 0.6 is 0 Å². The molecule has 4 rings (SSSR count). The molecule has 6 nitrogen and oxygen atoms in total.